The van der Waals surface area contributed by atoms with E-state index in [-0.39, 0.29) is 23.8 Å². The summed E-state index contributed by atoms with van der Waals surface area (Å²) in [5.74, 6) is -0.337. The summed E-state index contributed by atoms with van der Waals surface area (Å²) >= 11 is 0. The summed E-state index contributed by atoms with van der Waals surface area (Å²) < 4.78 is 0. The highest BCUT2D eigenvalue weighted by Gasteiger charge is 2.28. The van der Waals surface area contributed by atoms with E-state index in [0.29, 0.717) is 5.56 Å². The fourth-order valence-corrected chi connectivity index (χ4v) is 3.51. The highest BCUT2D eigenvalue weighted by molar-refractivity contribution is 5.97. The van der Waals surface area contributed by atoms with Gasteiger partial charge in [0.2, 0.25) is 5.91 Å². The van der Waals surface area contributed by atoms with Crippen LogP contribution in [0, 0.1) is 5.92 Å². The summed E-state index contributed by atoms with van der Waals surface area (Å²) in [7, 11) is 0. The molecule has 0 bridgehead atoms. The summed E-state index contributed by atoms with van der Waals surface area (Å²) in [5, 5.41) is 6.05. The fraction of sp³-hybridized carbons (Fsp3) is 0.364. The predicted octanol–water partition coefficient (Wildman–Crippen LogP) is 3.63. The molecule has 0 fully saturated rings. The van der Waals surface area contributed by atoms with E-state index in [1.807, 2.05) is 44.2 Å². The van der Waals surface area contributed by atoms with Gasteiger partial charge in [0, 0.05) is 5.56 Å². The second-order valence-electron chi connectivity index (χ2n) is 7.21. The number of hydrogen-bond donors (Lipinski definition) is 2. The minimum atomic E-state index is -0.559. The van der Waals surface area contributed by atoms with Crippen LogP contribution in [0.4, 0.5) is 0 Å². The third-order valence-corrected chi connectivity index (χ3v) is 4.96. The predicted molar refractivity (Wildman–Crippen MR) is 103 cm³/mol. The number of carbonyl (C=O) groups is 2. The molecule has 0 aromatic heterocycles. The van der Waals surface area contributed by atoms with Gasteiger partial charge in [-0.15, -0.1) is 0 Å². The van der Waals surface area contributed by atoms with Gasteiger partial charge in [0.15, 0.2) is 0 Å². The second-order valence-corrected chi connectivity index (χ2v) is 7.21. The van der Waals surface area contributed by atoms with Crippen molar-refractivity contribution in [3.05, 3.63) is 71.3 Å². The minimum Gasteiger partial charge on any atom is -0.347 e. The minimum absolute atomic E-state index is 0.00139. The molecule has 0 saturated carbocycles. The molecular formula is C22H26N2O2. The van der Waals surface area contributed by atoms with Crippen molar-refractivity contribution in [3.63, 3.8) is 0 Å². The van der Waals surface area contributed by atoms with Crippen molar-refractivity contribution in [1.82, 2.24) is 10.6 Å². The van der Waals surface area contributed by atoms with Crippen LogP contribution >= 0.6 is 0 Å². The Balaban J connectivity index is 1.71. The number of amides is 2. The molecule has 2 amide bonds. The van der Waals surface area contributed by atoms with Crippen LogP contribution in [-0.2, 0) is 11.2 Å². The molecule has 4 nitrogen and oxygen atoms in total. The number of benzene rings is 2. The van der Waals surface area contributed by atoms with Crippen molar-refractivity contribution in [2.24, 2.45) is 5.92 Å². The van der Waals surface area contributed by atoms with Crippen LogP contribution in [0.2, 0.25) is 0 Å². The summed E-state index contributed by atoms with van der Waals surface area (Å²) in [6.45, 7) is 3.90. The maximum absolute atomic E-state index is 12.9. The van der Waals surface area contributed by atoms with E-state index in [2.05, 4.69) is 22.8 Å². The Labute approximate surface area is 155 Å². The van der Waals surface area contributed by atoms with Crippen molar-refractivity contribution in [1.29, 1.82) is 0 Å². The Morgan fingerprint density at radius 2 is 1.69 bits per heavy atom. The molecule has 136 valence electrons. The molecule has 0 aliphatic heterocycles. The zero-order valence-corrected chi connectivity index (χ0v) is 15.4. The van der Waals surface area contributed by atoms with E-state index < -0.39 is 6.04 Å². The topological polar surface area (TPSA) is 58.2 Å². The van der Waals surface area contributed by atoms with Gasteiger partial charge < -0.3 is 10.6 Å². The maximum atomic E-state index is 12.9. The van der Waals surface area contributed by atoms with Crippen LogP contribution in [0.15, 0.2) is 54.6 Å². The molecule has 0 saturated heterocycles. The van der Waals surface area contributed by atoms with Crippen LogP contribution in [0.25, 0.3) is 0 Å². The first-order valence-corrected chi connectivity index (χ1v) is 9.30. The molecule has 0 radical (unpaired) electrons. The van der Waals surface area contributed by atoms with E-state index in [0.717, 1.165) is 19.3 Å². The quantitative estimate of drug-likeness (QED) is 0.865. The summed E-state index contributed by atoms with van der Waals surface area (Å²) in [4.78, 5) is 25.4. The normalized spacial score (nSPS) is 17.3. The second kappa shape index (κ2) is 8.17. The lowest BCUT2D eigenvalue weighted by Gasteiger charge is -2.29. The highest BCUT2D eigenvalue weighted by Crippen LogP contribution is 2.29. The largest absolute Gasteiger partial charge is 0.347 e. The summed E-state index contributed by atoms with van der Waals surface area (Å²) in [5.41, 5.74) is 3.07. The highest BCUT2D eigenvalue weighted by atomic mass is 16.2. The zero-order valence-electron chi connectivity index (χ0n) is 15.4. The number of aryl methyl sites for hydroxylation is 1. The van der Waals surface area contributed by atoms with Crippen LogP contribution < -0.4 is 10.6 Å². The molecular weight excluding hydrogens is 324 g/mol. The third-order valence-electron chi connectivity index (χ3n) is 4.96. The number of hydrogen-bond acceptors (Lipinski definition) is 2. The number of carbonyl (C=O) groups excluding carboxylic acids is 2. The molecule has 2 aromatic carbocycles. The van der Waals surface area contributed by atoms with Gasteiger partial charge in [0.25, 0.3) is 5.91 Å². The Hall–Kier alpha value is -2.62. The van der Waals surface area contributed by atoms with Crippen molar-refractivity contribution in [2.75, 3.05) is 0 Å². The number of rotatable bonds is 5. The molecule has 2 aromatic rings. The van der Waals surface area contributed by atoms with Crippen molar-refractivity contribution in [3.8, 4) is 0 Å². The van der Waals surface area contributed by atoms with E-state index in [1.54, 1.807) is 12.1 Å². The number of fused-ring (bicyclic) bond motifs is 1. The van der Waals surface area contributed by atoms with E-state index in [4.69, 9.17) is 0 Å². The van der Waals surface area contributed by atoms with Gasteiger partial charge in [0.05, 0.1) is 6.04 Å². The van der Waals surface area contributed by atoms with Gasteiger partial charge in [-0.05, 0) is 48.4 Å². The standard InChI is InChI=1S/C22H26N2O2/c1-15(2)20(24-21(25)17-10-4-3-5-11-17)22(26)23-19-14-8-12-16-9-6-7-13-18(16)19/h3-7,9-11,13,15,19-20H,8,12,14H2,1-2H3,(H,23,26)(H,24,25)/t19-,20-/m0/s1. The van der Waals surface area contributed by atoms with Gasteiger partial charge in [-0.2, -0.15) is 0 Å². The first-order valence-electron chi connectivity index (χ1n) is 9.30. The van der Waals surface area contributed by atoms with Crippen LogP contribution in [0.3, 0.4) is 0 Å². The lowest BCUT2D eigenvalue weighted by atomic mass is 9.87. The van der Waals surface area contributed by atoms with Gasteiger partial charge in [-0.1, -0.05) is 56.3 Å². The maximum Gasteiger partial charge on any atom is 0.251 e. The smallest absolute Gasteiger partial charge is 0.251 e. The van der Waals surface area contributed by atoms with E-state index in [9.17, 15) is 9.59 Å². The lowest BCUT2D eigenvalue weighted by Crippen LogP contribution is -2.50. The lowest BCUT2D eigenvalue weighted by molar-refractivity contribution is -0.124. The molecule has 3 rings (SSSR count). The molecule has 26 heavy (non-hydrogen) atoms. The van der Waals surface area contributed by atoms with Gasteiger partial charge in [-0.25, -0.2) is 0 Å². The molecule has 1 aliphatic carbocycles. The van der Waals surface area contributed by atoms with E-state index in [1.165, 1.54) is 11.1 Å². The Bertz CT molecular complexity index is 771. The van der Waals surface area contributed by atoms with Crippen LogP contribution in [-0.4, -0.2) is 17.9 Å². The van der Waals surface area contributed by atoms with Gasteiger partial charge in [-0.3, -0.25) is 9.59 Å². The first kappa shape index (κ1) is 18.2. The molecule has 4 heteroatoms. The molecule has 0 spiro atoms. The third kappa shape index (κ3) is 4.13. The van der Waals surface area contributed by atoms with Gasteiger partial charge >= 0.3 is 0 Å². The van der Waals surface area contributed by atoms with Crippen molar-refractivity contribution < 1.29 is 9.59 Å². The molecule has 0 heterocycles. The molecule has 2 N–H and O–H groups in total. The monoisotopic (exact) mass is 350 g/mol. The van der Waals surface area contributed by atoms with Crippen molar-refractivity contribution >= 4 is 11.8 Å². The first-order chi connectivity index (χ1) is 12.6. The average molecular weight is 350 g/mol. The Kier molecular flexibility index (Phi) is 5.71. The zero-order chi connectivity index (χ0) is 18.5. The molecule has 2 atom stereocenters. The van der Waals surface area contributed by atoms with E-state index >= 15 is 0 Å². The SMILES string of the molecule is CC(C)[C@H](NC(=O)c1ccccc1)C(=O)N[C@H]1CCCc2ccccc21. The van der Waals surface area contributed by atoms with Crippen LogP contribution in [0.5, 0.6) is 0 Å². The average Bonchev–Trinajstić information content (AvgIpc) is 2.66. The van der Waals surface area contributed by atoms with Gasteiger partial charge in [0.1, 0.15) is 6.04 Å². The fourth-order valence-electron chi connectivity index (χ4n) is 3.51. The number of nitrogens with one attached hydrogen (secondary N) is 2. The molecule has 1 aliphatic rings. The molecule has 0 unspecified atom stereocenters. The van der Waals surface area contributed by atoms with Crippen molar-refractivity contribution in [2.45, 2.75) is 45.2 Å². The van der Waals surface area contributed by atoms with Crippen LogP contribution in [0.1, 0.15) is 54.2 Å². The summed E-state index contributed by atoms with van der Waals surface area (Å²) in [6, 6.07) is 16.7. The summed E-state index contributed by atoms with van der Waals surface area (Å²) in [6.07, 6.45) is 3.05. The Morgan fingerprint density at radius 1 is 1.00 bits per heavy atom. The Morgan fingerprint density at radius 3 is 2.42 bits per heavy atom.